The Labute approximate surface area is 102 Å². The number of carbonyl (C=O) groups excluding carboxylic acids is 1. The van der Waals surface area contributed by atoms with Gasteiger partial charge in [0, 0.05) is 25.9 Å². The van der Waals surface area contributed by atoms with Gasteiger partial charge in [-0.05, 0) is 12.1 Å². The molecule has 0 bridgehead atoms. The summed E-state index contributed by atoms with van der Waals surface area (Å²) in [5.41, 5.74) is 1.64. The quantitative estimate of drug-likeness (QED) is 0.694. The number of anilines is 1. The Kier molecular flexibility index (Phi) is 4.96. The maximum absolute atomic E-state index is 11.1. The standard InChI is InChI=1S/C12H12N2O.C2H4/c13-9-10-3-1-2-4-12(10)14-7-5-11(15)6-8-14;1-2/h1-4H,5-8H2;1-2H2. The molecular formula is C14H16N2O. The molecule has 0 unspecified atom stereocenters. The van der Waals surface area contributed by atoms with Gasteiger partial charge in [-0.1, -0.05) is 12.1 Å². The zero-order valence-corrected chi connectivity index (χ0v) is 9.85. The SMILES string of the molecule is C=C.N#Cc1ccccc1N1CCC(=O)CC1. The summed E-state index contributed by atoms with van der Waals surface area (Å²) in [5, 5.41) is 8.96. The topological polar surface area (TPSA) is 44.1 Å². The summed E-state index contributed by atoms with van der Waals surface area (Å²) in [6.45, 7) is 7.47. The molecule has 2 rings (SSSR count). The van der Waals surface area contributed by atoms with Crippen molar-refractivity contribution >= 4 is 11.5 Å². The van der Waals surface area contributed by atoms with Gasteiger partial charge in [-0.25, -0.2) is 0 Å². The Bertz CT molecular complexity index is 424. The van der Waals surface area contributed by atoms with Crippen LogP contribution in [-0.4, -0.2) is 18.9 Å². The second-order valence-electron chi connectivity index (χ2n) is 3.65. The number of Topliss-reactive ketones (excluding diaryl/α,β-unsaturated/α-hetero) is 1. The predicted octanol–water partition coefficient (Wildman–Crippen LogP) is 2.53. The van der Waals surface area contributed by atoms with Gasteiger partial charge in [-0.2, -0.15) is 5.26 Å². The van der Waals surface area contributed by atoms with E-state index in [0.717, 1.165) is 18.8 Å². The molecule has 1 aromatic rings. The van der Waals surface area contributed by atoms with E-state index in [4.69, 9.17) is 5.26 Å². The van der Waals surface area contributed by atoms with E-state index in [1.54, 1.807) is 0 Å². The molecule has 0 aliphatic carbocycles. The number of ketones is 1. The molecule has 3 heteroatoms. The molecule has 1 heterocycles. The van der Waals surface area contributed by atoms with Crippen molar-refractivity contribution in [3.8, 4) is 6.07 Å². The van der Waals surface area contributed by atoms with Crippen molar-refractivity contribution in [2.24, 2.45) is 0 Å². The molecule has 1 aliphatic rings. The highest BCUT2D eigenvalue weighted by molar-refractivity contribution is 5.81. The monoisotopic (exact) mass is 228 g/mol. The van der Waals surface area contributed by atoms with Crippen LogP contribution >= 0.6 is 0 Å². The highest BCUT2D eigenvalue weighted by Crippen LogP contribution is 2.22. The molecule has 0 radical (unpaired) electrons. The normalized spacial score (nSPS) is 14.5. The third-order valence-corrected chi connectivity index (χ3v) is 2.69. The average Bonchev–Trinajstić information content (AvgIpc) is 2.42. The summed E-state index contributed by atoms with van der Waals surface area (Å²) in [6.07, 6.45) is 1.19. The van der Waals surface area contributed by atoms with Crippen LogP contribution in [0.25, 0.3) is 0 Å². The molecule has 1 aliphatic heterocycles. The lowest BCUT2D eigenvalue weighted by molar-refractivity contribution is -0.119. The van der Waals surface area contributed by atoms with Crippen molar-refractivity contribution in [3.05, 3.63) is 43.0 Å². The lowest BCUT2D eigenvalue weighted by Crippen LogP contribution is -2.34. The summed E-state index contributed by atoms with van der Waals surface area (Å²) in [5.74, 6) is 0.320. The first kappa shape index (κ1) is 13.0. The Morgan fingerprint density at radius 1 is 1.18 bits per heavy atom. The molecule has 0 aromatic heterocycles. The average molecular weight is 228 g/mol. The van der Waals surface area contributed by atoms with Gasteiger partial charge in [0.25, 0.3) is 0 Å². The first-order valence-corrected chi connectivity index (χ1v) is 5.57. The van der Waals surface area contributed by atoms with Crippen molar-refractivity contribution in [3.63, 3.8) is 0 Å². The Hall–Kier alpha value is -2.08. The lowest BCUT2D eigenvalue weighted by Gasteiger charge is -2.28. The molecule has 0 N–H and O–H groups in total. The third-order valence-electron chi connectivity index (χ3n) is 2.69. The molecule has 88 valence electrons. The summed E-state index contributed by atoms with van der Waals surface area (Å²) < 4.78 is 0. The van der Waals surface area contributed by atoms with Gasteiger partial charge < -0.3 is 4.90 Å². The van der Waals surface area contributed by atoms with Gasteiger partial charge in [0.2, 0.25) is 0 Å². The molecule has 0 amide bonds. The highest BCUT2D eigenvalue weighted by Gasteiger charge is 2.18. The van der Waals surface area contributed by atoms with E-state index in [9.17, 15) is 4.79 Å². The van der Waals surface area contributed by atoms with Crippen LogP contribution in [0.3, 0.4) is 0 Å². The molecule has 1 aromatic carbocycles. The number of hydrogen-bond donors (Lipinski definition) is 0. The number of rotatable bonds is 1. The summed E-state index contributed by atoms with van der Waals surface area (Å²) in [4.78, 5) is 13.2. The van der Waals surface area contributed by atoms with E-state index in [-0.39, 0.29) is 0 Å². The van der Waals surface area contributed by atoms with E-state index in [2.05, 4.69) is 24.1 Å². The predicted molar refractivity (Wildman–Crippen MR) is 68.9 cm³/mol. The zero-order chi connectivity index (χ0) is 12.7. The fourth-order valence-corrected chi connectivity index (χ4v) is 1.84. The van der Waals surface area contributed by atoms with Crippen LogP contribution in [-0.2, 0) is 4.79 Å². The van der Waals surface area contributed by atoms with Crippen LogP contribution in [0.5, 0.6) is 0 Å². The summed E-state index contributed by atoms with van der Waals surface area (Å²) in [7, 11) is 0. The minimum atomic E-state index is 0.320. The Morgan fingerprint density at radius 3 is 2.35 bits per heavy atom. The van der Waals surface area contributed by atoms with Gasteiger partial charge >= 0.3 is 0 Å². The van der Waals surface area contributed by atoms with Crippen molar-refractivity contribution in [2.75, 3.05) is 18.0 Å². The number of carbonyl (C=O) groups is 1. The minimum Gasteiger partial charge on any atom is -0.370 e. The minimum absolute atomic E-state index is 0.320. The molecule has 0 spiro atoms. The van der Waals surface area contributed by atoms with Crippen LogP contribution in [0.4, 0.5) is 5.69 Å². The smallest absolute Gasteiger partial charge is 0.136 e. The third kappa shape index (κ3) is 3.18. The van der Waals surface area contributed by atoms with Gasteiger partial charge in [0.15, 0.2) is 0 Å². The van der Waals surface area contributed by atoms with E-state index in [0.29, 0.717) is 24.2 Å². The lowest BCUT2D eigenvalue weighted by atomic mass is 10.1. The number of hydrogen-bond acceptors (Lipinski definition) is 3. The maximum atomic E-state index is 11.1. The van der Waals surface area contributed by atoms with Crippen molar-refractivity contribution in [2.45, 2.75) is 12.8 Å². The first-order valence-electron chi connectivity index (χ1n) is 5.57. The fraction of sp³-hybridized carbons (Fsp3) is 0.286. The van der Waals surface area contributed by atoms with Gasteiger partial charge in [0.1, 0.15) is 11.9 Å². The van der Waals surface area contributed by atoms with E-state index in [1.807, 2.05) is 24.3 Å². The van der Waals surface area contributed by atoms with Gasteiger partial charge in [0.05, 0.1) is 11.3 Å². The molecule has 1 saturated heterocycles. The number of nitrogens with zero attached hydrogens (tertiary/aromatic N) is 2. The molecule has 0 atom stereocenters. The number of piperidine rings is 1. The van der Waals surface area contributed by atoms with Crippen LogP contribution in [0.15, 0.2) is 37.4 Å². The van der Waals surface area contributed by atoms with Crippen LogP contribution < -0.4 is 4.90 Å². The van der Waals surface area contributed by atoms with E-state index < -0.39 is 0 Å². The number of benzene rings is 1. The van der Waals surface area contributed by atoms with Crippen molar-refractivity contribution < 1.29 is 4.79 Å². The maximum Gasteiger partial charge on any atom is 0.136 e. The highest BCUT2D eigenvalue weighted by atomic mass is 16.1. The van der Waals surface area contributed by atoms with E-state index >= 15 is 0 Å². The second kappa shape index (κ2) is 6.49. The largest absolute Gasteiger partial charge is 0.370 e. The molecular weight excluding hydrogens is 212 g/mol. The molecule has 1 fully saturated rings. The number of nitriles is 1. The van der Waals surface area contributed by atoms with E-state index in [1.165, 1.54) is 0 Å². The number of para-hydroxylation sites is 1. The Morgan fingerprint density at radius 2 is 1.76 bits per heavy atom. The molecule has 3 nitrogen and oxygen atoms in total. The molecule has 17 heavy (non-hydrogen) atoms. The first-order chi connectivity index (χ1) is 8.31. The zero-order valence-electron chi connectivity index (χ0n) is 9.85. The fourth-order valence-electron chi connectivity index (χ4n) is 1.84. The van der Waals surface area contributed by atoms with Crippen LogP contribution in [0.2, 0.25) is 0 Å². The Balaban J connectivity index is 0.000000686. The second-order valence-corrected chi connectivity index (χ2v) is 3.65. The van der Waals surface area contributed by atoms with Gasteiger partial charge in [-0.3, -0.25) is 4.79 Å². The summed E-state index contributed by atoms with van der Waals surface area (Å²) >= 11 is 0. The van der Waals surface area contributed by atoms with Gasteiger partial charge in [-0.15, -0.1) is 13.2 Å². The van der Waals surface area contributed by atoms with Crippen molar-refractivity contribution in [1.29, 1.82) is 5.26 Å². The molecule has 0 saturated carbocycles. The van der Waals surface area contributed by atoms with Crippen LogP contribution in [0.1, 0.15) is 18.4 Å². The van der Waals surface area contributed by atoms with Crippen molar-refractivity contribution in [1.82, 2.24) is 0 Å². The van der Waals surface area contributed by atoms with Crippen LogP contribution in [0, 0.1) is 11.3 Å². The summed E-state index contributed by atoms with van der Waals surface area (Å²) in [6, 6.07) is 9.71.